The van der Waals surface area contributed by atoms with Crippen LogP contribution in [0.5, 0.6) is 0 Å². The average Bonchev–Trinajstić information content (AvgIpc) is 3.17. The summed E-state index contributed by atoms with van der Waals surface area (Å²) >= 11 is 0. The van der Waals surface area contributed by atoms with Crippen molar-refractivity contribution in [3.05, 3.63) is 0 Å². The predicted octanol–water partition coefficient (Wildman–Crippen LogP) is 5.33. The van der Waals surface area contributed by atoms with Crippen molar-refractivity contribution in [2.45, 2.75) is 80.3 Å². The summed E-state index contributed by atoms with van der Waals surface area (Å²) < 4.78 is 5.12. The van der Waals surface area contributed by atoms with Crippen LogP contribution in [0.25, 0.3) is 0 Å². The van der Waals surface area contributed by atoms with E-state index in [9.17, 15) is 0 Å². The van der Waals surface area contributed by atoms with Gasteiger partial charge >= 0.3 is 86.8 Å². The summed E-state index contributed by atoms with van der Waals surface area (Å²) in [5.74, 6) is 0. The summed E-state index contributed by atoms with van der Waals surface area (Å²) in [5, 5.41) is 0. The fourth-order valence-corrected chi connectivity index (χ4v) is 112. The van der Waals surface area contributed by atoms with Crippen LogP contribution >= 0.6 is 0 Å². The third-order valence-electron chi connectivity index (χ3n) is 19.1. The summed E-state index contributed by atoms with van der Waals surface area (Å²) in [5.41, 5.74) is 0. The molecule has 10 fully saturated rings. The Hall–Kier alpha value is 0.519. The quantitative estimate of drug-likeness (QED) is 0.514. The van der Waals surface area contributed by atoms with Crippen molar-refractivity contribution in [3.63, 3.8) is 0 Å². The van der Waals surface area contributed by atoms with E-state index in [-0.39, 0.29) is 0 Å². The standard InChI is InChI=1S/C8H11.C7H9.Fe/c1-6-4-5-7(2)8(6)3;1-6-3-4-7(2)5-6;/h4-5H,1-3H3;3-5H,1-2H3;. The van der Waals surface area contributed by atoms with Crippen LogP contribution in [0.4, 0.5) is 0 Å². The first kappa shape index (κ1) is 6.11. The summed E-state index contributed by atoms with van der Waals surface area (Å²) in [6, 6.07) is 0. The number of hydrogen-bond acceptors (Lipinski definition) is 0. The third kappa shape index (κ3) is 0.0371. The zero-order valence-corrected chi connectivity index (χ0v) is 11.8. The molecule has 0 radical (unpaired) electrons. The van der Waals surface area contributed by atoms with Gasteiger partial charge in [0.1, 0.15) is 0 Å². The first-order valence-corrected chi connectivity index (χ1v) is 13.3. The van der Waals surface area contributed by atoms with Gasteiger partial charge in [-0.25, -0.2) is 0 Å². The Morgan fingerprint density at radius 2 is 1.12 bits per heavy atom. The molecule has 0 aromatic rings. The first-order valence-electron chi connectivity index (χ1n) is 7.30. The van der Waals surface area contributed by atoms with Crippen molar-refractivity contribution in [2.24, 2.45) is 0 Å². The van der Waals surface area contributed by atoms with Crippen molar-refractivity contribution >= 4 is 0 Å². The van der Waals surface area contributed by atoms with Gasteiger partial charge in [0, 0.05) is 0 Å². The van der Waals surface area contributed by atoms with Gasteiger partial charge in [-0.2, -0.15) is 0 Å². The molecule has 0 N–H and O–H groups in total. The van der Waals surface area contributed by atoms with Crippen molar-refractivity contribution in [1.29, 1.82) is 0 Å². The summed E-state index contributed by atoms with van der Waals surface area (Å²) in [7, 11) is 0. The second-order valence-corrected chi connectivity index (χ2v) is 35.4. The molecule has 0 aromatic carbocycles. The van der Waals surface area contributed by atoms with Gasteiger partial charge < -0.3 is 0 Å². The van der Waals surface area contributed by atoms with Gasteiger partial charge in [0.15, 0.2) is 0 Å². The molecule has 0 bridgehead atoms. The van der Waals surface area contributed by atoms with Gasteiger partial charge in [0.2, 0.25) is 0 Å². The fourth-order valence-electron chi connectivity index (χ4n) is 23.4. The molecule has 8 atom stereocenters. The Morgan fingerprint density at radius 1 is 0.688 bits per heavy atom. The van der Waals surface area contributed by atoms with E-state index in [2.05, 4.69) is 34.6 Å². The Balaban J connectivity index is 2.01. The van der Waals surface area contributed by atoms with E-state index in [0.717, 1.165) is 21.6 Å². The molecule has 16 heavy (non-hydrogen) atoms. The molecule has 1 heteroatoms. The zero-order valence-electron chi connectivity index (χ0n) is 10.7. The molecule has 10 rings (SSSR count). The Bertz CT molecular complexity index is 1030. The molecular weight excluding hydrogens is 236 g/mol. The molecule has 1 spiro atoms. The second-order valence-electron chi connectivity index (χ2n) is 11.8. The second kappa shape index (κ2) is 0.399. The normalized spacial score (nSPS) is 145. The van der Waals surface area contributed by atoms with Gasteiger partial charge in [-0.1, -0.05) is 0 Å². The maximum atomic E-state index is 2.85. The summed E-state index contributed by atoms with van der Waals surface area (Å²) in [6.45, 7) is 11.1. The fraction of sp³-hybridized carbons (Fsp3) is 1.00. The third-order valence-corrected chi connectivity index (χ3v) is 69.8. The van der Waals surface area contributed by atoms with Crippen LogP contribution in [0, 0.1) is 0 Å². The summed E-state index contributed by atoms with van der Waals surface area (Å²) in [4.78, 5) is 7.02. The SMILES string of the molecule is C[C]12[CH]3[CH]4[C]5(C)[CH]1[Fe]34251678[CH]2[CH]1[C]6(C)[C]7(C)[C]28C. The predicted molar refractivity (Wildman–Crippen MR) is 60.6 cm³/mol. The first-order chi connectivity index (χ1) is 7.10. The number of hydrogen-bond donors (Lipinski definition) is 0. The van der Waals surface area contributed by atoms with Gasteiger partial charge in [-0.05, 0) is 0 Å². The molecular formula is C15H20Fe. The van der Waals surface area contributed by atoms with Crippen molar-refractivity contribution in [2.75, 3.05) is 0 Å². The maximum absolute atomic E-state index is 3.12. The zero-order chi connectivity index (χ0) is 10.7. The van der Waals surface area contributed by atoms with Gasteiger partial charge in [-0.15, -0.1) is 0 Å². The van der Waals surface area contributed by atoms with Gasteiger partial charge in [0.25, 0.3) is 0 Å². The molecule has 8 unspecified atom stereocenters. The molecule has 10 saturated heterocycles. The Morgan fingerprint density at radius 3 is 1.12 bits per heavy atom. The van der Waals surface area contributed by atoms with Crippen LogP contribution in [0.3, 0.4) is 0 Å². The van der Waals surface area contributed by atoms with Crippen molar-refractivity contribution < 1.29 is 6.51 Å². The molecule has 10 aliphatic rings. The van der Waals surface area contributed by atoms with Crippen LogP contribution in [0.2, 0.25) is 45.6 Å². The van der Waals surface area contributed by atoms with Crippen LogP contribution in [-0.2, 0) is 6.51 Å². The van der Waals surface area contributed by atoms with E-state index >= 15 is 0 Å². The van der Waals surface area contributed by atoms with Crippen LogP contribution < -0.4 is 0 Å². The van der Waals surface area contributed by atoms with Crippen molar-refractivity contribution in [3.8, 4) is 0 Å². The molecule has 0 amide bonds. The Kier molecular flexibility index (Phi) is 0.152. The topological polar surface area (TPSA) is 0 Å². The van der Waals surface area contributed by atoms with Gasteiger partial charge in [-0.3, -0.25) is 0 Å². The van der Waals surface area contributed by atoms with Crippen molar-refractivity contribution in [1.82, 2.24) is 0 Å². The number of fused-ring (bicyclic) bond motifs is 10. The molecule has 0 nitrogen and oxygen atoms in total. The molecule has 0 saturated carbocycles. The minimum absolute atomic E-state index is 0.993. The number of rotatable bonds is 0. The molecule has 10 aliphatic heterocycles. The van der Waals surface area contributed by atoms with E-state index in [1.165, 1.54) is 24.1 Å². The van der Waals surface area contributed by atoms with Crippen LogP contribution in [0.1, 0.15) is 34.6 Å². The van der Waals surface area contributed by atoms with Crippen LogP contribution in [0.15, 0.2) is 0 Å². The molecule has 10 heterocycles. The van der Waals surface area contributed by atoms with E-state index in [4.69, 9.17) is 0 Å². The summed E-state index contributed by atoms with van der Waals surface area (Å²) in [6.07, 6.45) is 0. The average molecular weight is 256 g/mol. The van der Waals surface area contributed by atoms with E-state index in [0.29, 0.717) is 0 Å². The van der Waals surface area contributed by atoms with E-state index < -0.39 is 6.51 Å². The molecule has 88 valence electrons. The van der Waals surface area contributed by atoms with Crippen LogP contribution in [-0.4, -0.2) is 0 Å². The minimum atomic E-state index is -3.12. The monoisotopic (exact) mass is 256 g/mol. The van der Waals surface area contributed by atoms with E-state index in [1.54, 1.807) is 0 Å². The van der Waals surface area contributed by atoms with E-state index in [1.807, 2.05) is 0 Å². The van der Waals surface area contributed by atoms with Gasteiger partial charge in [0.05, 0.1) is 0 Å². The Labute approximate surface area is 86.8 Å². The molecule has 0 aliphatic carbocycles. The molecule has 0 aromatic heterocycles.